The fraction of sp³-hybridized carbons (Fsp3) is 0.467. The van der Waals surface area contributed by atoms with Crippen molar-refractivity contribution in [3.05, 3.63) is 40.7 Å². The van der Waals surface area contributed by atoms with Gasteiger partial charge in [0.15, 0.2) is 5.82 Å². The minimum Gasteiger partial charge on any atom is -0.341 e. The Labute approximate surface area is 123 Å². The van der Waals surface area contributed by atoms with Crippen LogP contribution in [0.25, 0.3) is 0 Å². The first-order chi connectivity index (χ1) is 10.2. The lowest BCUT2D eigenvalue weighted by Crippen LogP contribution is -2.31. The SMILES string of the molecule is C[C@H](CN(C)C(=O)c1cccc2c1CCC2)c1nn[nH]n1. The van der Waals surface area contributed by atoms with Crippen LogP contribution in [-0.2, 0) is 12.8 Å². The summed E-state index contributed by atoms with van der Waals surface area (Å²) >= 11 is 0. The summed E-state index contributed by atoms with van der Waals surface area (Å²) in [6.07, 6.45) is 3.23. The molecule has 1 aromatic carbocycles. The molecule has 21 heavy (non-hydrogen) atoms. The molecule has 0 radical (unpaired) electrons. The molecular weight excluding hydrogens is 266 g/mol. The summed E-state index contributed by atoms with van der Waals surface area (Å²) in [5.41, 5.74) is 3.38. The number of aryl methyl sites for hydroxylation is 1. The average Bonchev–Trinajstić information content (AvgIpc) is 3.16. The Hall–Kier alpha value is -2.24. The first kappa shape index (κ1) is 13.7. The molecule has 1 aliphatic rings. The van der Waals surface area contributed by atoms with E-state index in [1.165, 1.54) is 11.1 Å². The van der Waals surface area contributed by atoms with E-state index in [-0.39, 0.29) is 11.8 Å². The highest BCUT2D eigenvalue weighted by Gasteiger charge is 2.23. The Morgan fingerprint density at radius 1 is 1.43 bits per heavy atom. The van der Waals surface area contributed by atoms with Gasteiger partial charge in [-0.25, -0.2) is 0 Å². The Bertz CT molecular complexity index is 638. The van der Waals surface area contributed by atoms with E-state index < -0.39 is 0 Å². The number of benzene rings is 1. The van der Waals surface area contributed by atoms with Crippen molar-refractivity contribution in [2.45, 2.75) is 32.1 Å². The number of likely N-dealkylation sites (N-methyl/N-ethyl adjacent to an activating group) is 1. The van der Waals surface area contributed by atoms with E-state index in [1.807, 2.05) is 26.1 Å². The Morgan fingerprint density at radius 2 is 2.29 bits per heavy atom. The first-order valence-corrected chi connectivity index (χ1v) is 7.26. The minimum atomic E-state index is 0.0504. The van der Waals surface area contributed by atoms with Crippen LogP contribution in [-0.4, -0.2) is 45.0 Å². The number of rotatable bonds is 4. The lowest BCUT2D eigenvalue weighted by Gasteiger charge is -2.21. The van der Waals surface area contributed by atoms with Crippen LogP contribution in [0.3, 0.4) is 0 Å². The van der Waals surface area contributed by atoms with Gasteiger partial charge >= 0.3 is 0 Å². The van der Waals surface area contributed by atoms with Gasteiger partial charge in [0.1, 0.15) is 0 Å². The van der Waals surface area contributed by atoms with Crippen LogP contribution in [0.4, 0.5) is 0 Å². The fourth-order valence-electron chi connectivity index (χ4n) is 2.98. The molecule has 0 saturated heterocycles. The zero-order valence-corrected chi connectivity index (χ0v) is 12.3. The highest BCUT2D eigenvalue weighted by molar-refractivity contribution is 5.96. The molecule has 2 aromatic rings. The maximum absolute atomic E-state index is 12.7. The largest absolute Gasteiger partial charge is 0.341 e. The molecule has 3 rings (SSSR count). The average molecular weight is 285 g/mol. The predicted octanol–water partition coefficient (Wildman–Crippen LogP) is 1.56. The van der Waals surface area contributed by atoms with Crippen molar-refractivity contribution in [3.8, 4) is 0 Å². The molecule has 1 atom stereocenters. The summed E-state index contributed by atoms with van der Waals surface area (Å²) in [6, 6.07) is 6.04. The fourth-order valence-corrected chi connectivity index (χ4v) is 2.98. The van der Waals surface area contributed by atoms with E-state index in [1.54, 1.807) is 4.90 Å². The number of fused-ring (bicyclic) bond motifs is 1. The minimum absolute atomic E-state index is 0.0504. The number of aromatic amines is 1. The van der Waals surface area contributed by atoms with Crippen LogP contribution >= 0.6 is 0 Å². The van der Waals surface area contributed by atoms with Crippen LogP contribution < -0.4 is 0 Å². The van der Waals surface area contributed by atoms with Gasteiger partial charge in [-0.2, -0.15) is 5.21 Å². The van der Waals surface area contributed by atoms with Gasteiger partial charge in [0, 0.05) is 25.1 Å². The Morgan fingerprint density at radius 3 is 3.05 bits per heavy atom. The highest BCUT2D eigenvalue weighted by atomic mass is 16.2. The zero-order valence-electron chi connectivity index (χ0n) is 12.3. The maximum Gasteiger partial charge on any atom is 0.253 e. The van der Waals surface area contributed by atoms with Gasteiger partial charge in [0.2, 0.25) is 0 Å². The van der Waals surface area contributed by atoms with Gasteiger partial charge in [-0.15, -0.1) is 10.2 Å². The van der Waals surface area contributed by atoms with E-state index in [2.05, 4.69) is 26.7 Å². The summed E-state index contributed by atoms with van der Waals surface area (Å²) in [5.74, 6) is 0.756. The topological polar surface area (TPSA) is 74.8 Å². The summed E-state index contributed by atoms with van der Waals surface area (Å²) in [5, 5.41) is 14.0. The Balaban J connectivity index is 1.75. The number of nitrogens with zero attached hydrogens (tertiary/aromatic N) is 4. The van der Waals surface area contributed by atoms with Crippen LogP contribution in [0, 0.1) is 0 Å². The summed E-state index contributed by atoms with van der Waals surface area (Å²) < 4.78 is 0. The molecule has 6 nitrogen and oxygen atoms in total. The third-order valence-corrected chi connectivity index (χ3v) is 4.07. The number of tetrazole rings is 1. The highest BCUT2D eigenvalue weighted by Crippen LogP contribution is 2.26. The van der Waals surface area contributed by atoms with Gasteiger partial charge in [0.05, 0.1) is 0 Å². The normalized spacial score (nSPS) is 14.8. The molecule has 0 saturated carbocycles. The van der Waals surface area contributed by atoms with E-state index >= 15 is 0 Å². The van der Waals surface area contributed by atoms with E-state index in [4.69, 9.17) is 0 Å². The van der Waals surface area contributed by atoms with E-state index in [0.717, 1.165) is 24.8 Å². The Kier molecular flexibility index (Phi) is 3.68. The molecule has 1 aliphatic carbocycles. The second kappa shape index (κ2) is 5.63. The van der Waals surface area contributed by atoms with Crippen LogP contribution in [0.15, 0.2) is 18.2 Å². The molecule has 110 valence electrons. The van der Waals surface area contributed by atoms with Crippen LogP contribution in [0.5, 0.6) is 0 Å². The molecule has 1 heterocycles. The van der Waals surface area contributed by atoms with Gasteiger partial charge < -0.3 is 4.90 Å². The molecule has 1 N–H and O–H groups in total. The molecule has 1 amide bonds. The summed E-state index contributed by atoms with van der Waals surface area (Å²) in [7, 11) is 1.83. The molecule has 0 spiro atoms. The summed E-state index contributed by atoms with van der Waals surface area (Å²) in [4.78, 5) is 14.4. The van der Waals surface area contributed by atoms with Crippen molar-refractivity contribution >= 4 is 5.91 Å². The third kappa shape index (κ3) is 2.66. The monoisotopic (exact) mass is 285 g/mol. The summed E-state index contributed by atoms with van der Waals surface area (Å²) in [6.45, 7) is 2.56. The smallest absolute Gasteiger partial charge is 0.253 e. The molecule has 0 bridgehead atoms. The van der Waals surface area contributed by atoms with Crippen molar-refractivity contribution in [1.82, 2.24) is 25.5 Å². The molecular formula is C15H19N5O. The van der Waals surface area contributed by atoms with Gasteiger partial charge in [0.25, 0.3) is 5.91 Å². The quantitative estimate of drug-likeness (QED) is 0.925. The number of carbonyl (C=O) groups is 1. The zero-order chi connectivity index (χ0) is 14.8. The number of hydrogen-bond acceptors (Lipinski definition) is 4. The van der Waals surface area contributed by atoms with Crippen LogP contribution in [0.2, 0.25) is 0 Å². The van der Waals surface area contributed by atoms with Crippen molar-refractivity contribution in [1.29, 1.82) is 0 Å². The lowest BCUT2D eigenvalue weighted by molar-refractivity contribution is 0.0786. The molecule has 0 fully saturated rings. The maximum atomic E-state index is 12.7. The number of aromatic nitrogens is 4. The van der Waals surface area contributed by atoms with Crippen LogP contribution in [0.1, 0.15) is 46.6 Å². The first-order valence-electron chi connectivity index (χ1n) is 7.26. The van der Waals surface area contributed by atoms with Crippen molar-refractivity contribution < 1.29 is 4.79 Å². The molecule has 0 aliphatic heterocycles. The van der Waals surface area contributed by atoms with Crippen molar-refractivity contribution in [3.63, 3.8) is 0 Å². The molecule has 1 aromatic heterocycles. The number of amides is 1. The molecule has 6 heteroatoms. The number of nitrogens with one attached hydrogen (secondary N) is 1. The van der Waals surface area contributed by atoms with Gasteiger partial charge in [-0.1, -0.05) is 24.3 Å². The van der Waals surface area contributed by atoms with Gasteiger partial charge in [-0.05, 0) is 36.5 Å². The number of H-pyrrole nitrogens is 1. The number of hydrogen-bond donors (Lipinski definition) is 1. The van der Waals surface area contributed by atoms with Gasteiger partial charge in [-0.3, -0.25) is 4.79 Å². The second-order valence-corrected chi connectivity index (χ2v) is 5.65. The van der Waals surface area contributed by atoms with E-state index in [9.17, 15) is 4.79 Å². The standard InChI is InChI=1S/C15H19N5O/c1-10(14-16-18-19-17-14)9-20(2)15(21)13-8-4-6-11-5-3-7-12(11)13/h4,6,8,10H,3,5,7,9H2,1-2H3,(H,16,17,18,19)/t10-/m1/s1. The number of carbonyl (C=O) groups excluding carboxylic acids is 1. The molecule has 0 unspecified atom stereocenters. The third-order valence-electron chi connectivity index (χ3n) is 4.07. The van der Waals surface area contributed by atoms with Crippen molar-refractivity contribution in [2.75, 3.05) is 13.6 Å². The van der Waals surface area contributed by atoms with Crippen molar-refractivity contribution in [2.24, 2.45) is 0 Å². The second-order valence-electron chi connectivity index (χ2n) is 5.65. The lowest BCUT2D eigenvalue weighted by atomic mass is 10.0. The predicted molar refractivity (Wildman–Crippen MR) is 78.0 cm³/mol. The van der Waals surface area contributed by atoms with E-state index in [0.29, 0.717) is 12.4 Å².